The third-order valence-corrected chi connectivity index (χ3v) is 4.81. The molecule has 128 valence electrons. The van der Waals surface area contributed by atoms with E-state index in [1.807, 2.05) is 62.5 Å². The highest BCUT2D eigenvalue weighted by Crippen LogP contribution is 2.22. The Morgan fingerprint density at radius 2 is 1.88 bits per heavy atom. The summed E-state index contributed by atoms with van der Waals surface area (Å²) >= 11 is 9.35. The van der Waals surface area contributed by atoms with Crippen molar-refractivity contribution in [3.05, 3.63) is 80.4 Å². The largest absolute Gasteiger partial charge is 0.304 e. The van der Waals surface area contributed by atoms with Crippen LogP contribution in [0.15, 0.2) is 53.1 Å². The van der Waals surface area contributed by atoms with Crippen LogP contribution in [0.4, 0.5) is 5.82 Å². The van der Waals surface area contributed by atoms with Crippen molar-refractivity contribution in [3.8, 4) is 0 Å². The van der Waals surface area contributed by atoms with Gasteiger partial charge in [-0.3, -0.25) is 9.48 Å². The zero-order valence-electron chi connectivity index (χ0n) is 13.9. The fourth-order valence-corrected chi connectivity index (χ4v) is 2.94. The maximum absolute atomic E-state index is 12.4. The van der Waals surface area contributed by atoms with Gasteiger partial charge in [0.05, 0.1) is 11.0 Å². The smallest absolute Gasteiger partial charge is 0.256 e. The molecule has 0 bridgehead atoms. The van der Waals surface area contributed by atoms with Crippen molar-refractivity contribution in [1.29, 1.82) is 0 Å². The molecule has 0 saturated carbocycles. The summed E-state index contributed by atoms with van der Waals surface area (Å²) < 4.78 is 2.50. The summed E-state index contributed by atoms with van der Waals surface area (Å²) in [5, 5.41) is 7.99. The van der Waals surface area contributed by atoms with Crippen LogP contribution in [0.2, 0.25) is 5.02 Å². The van der Waals surface area contributed by atoms with Crippen molar-refractivity contribution < 1.29 is 4.79 Å². The number of nitrogens with one attached hydrogen (secondary N) is 1. The van der Waals surface area contributed by atoms with Crippen molar-refractivity contribution in [1.82, 2.24) is 9.78 Å². The molecule has 3 rings (SSSR count). The fourth-order valence-electron chi connectivity index (χ4n) is 2.40. The topological polar surface area (TPSA) is 46.9 Å². The molecule has 1 aromatic heterocycles. The highest BCUT2D eigenvalue weighted by atomic mass is 79.9. The first-order valence-electron chi connectivity index (χ1n) is 7.78. The number of halogens is 2. The quantitative estimate of drug-likeness (QED) is 0.631. The van der Waals surface area contributed by atoms with E-state index in [1.165, 1.54) is 0 Å². The van der Waals surface area contributed by atoms with Gasteiger partial charge in [0, 0.05) is 16.8 Å². The van der Waals surface area contributed by atoms with Crippen LogP contribution in [0.5, 0.6) is 0 Å². The molecule has 1 amide bonds. The second-order valence-electron chi connectivity index (χ2n) is 5.90. The Labute approximate surface area is 159 Å². The maximum atomic E-state index is 12.4. The number of aromatic nitrogens is 2. The molecule has 25 heavy (non-hydrogen) atoms. The molecule has 0 spiro atoms. The average molecular weight is 419 g/mol. The summed E-state index contributed by atoms with van der Waals surface area (Å²) in [5.41, 5.74) is 3.93. The Kier molecular flexibility index (Phi) is 5.25. The summed E-state index contributed by atoms with van der Waals surface area (Å²) in [7, 11) is 0. The van der Waals surface area contributed by atoms with E-state index >= 15 is 0 Å². The van der Waals surface area contributed by atoms with E-state index < -0.39 is 0 Å². The summed E-state index contributed by atoms with van der Waals surface area (Å²) in [5.74, 6) is 0.317. The molecule has 0 aliphatic heterocycles. The SMILES string of the molecule is Cc1ccc(C(=O)Nc2nn(Cc3ccc(Cl)cc3)cc2Br)cc1C. The van der Waals surface area contributed by atoms with Gasteiger partial charge in [-0.05, 0) is 70.7 Å². The second-order valence-corrected chi connectivity index (χ2v) is 7.19. The monoisotopic (exact) mass is 417 g/mol. The first-order chi connectivity index (χ1) is 11.9. The number of benzene rings is 2. The normalized spacial score (nSPS) is 10.7. The van der Waals surface area contributed by atoms with Crippen molar-refractivity contribution in [2.24, 2.45) is 0 Å². The van der Waals surface area contributed by atoms with Crippen LogP contribution < -0.4 is 5.32 Å². The lowest BCUT2D eigenvalue weighted by Crippen LogP contribution is -2.13. The van der Waals surface area contributed by atoms with Gasteiger partial charge in [-0.2, -0.15) is 5.10 Å². The summed E-state index contributed by atoms with van der Waals surface area (Å²) in [6, 6.07) is 13.2. The minimum absolute atomic E-state index is 0.180. The molecule has 6 heteroatoms. The van der Waals surface area contributed by atoms with Gasteiger partial charge in [0.1, 0.15) is 0 Å². The average Bonchev–Trinajstić information content (AvgIpc) is 2.91. The Hall–Kier alpha value is -2.11. The molecular weight excluding hydrogens is 402 g/mol. The molecule has 0 aliphatic rings. The summed E-state index contributed by atoms with van der Waals surface area (Å²) in [6.45, 7) is 4.60. The molecule has 0 atom stereocenters. The van der Waals surface area contributed by atoms with E-state index in [0.717, 1.165) is 21.2 Å². The highest BCUT2D eigenvalue weighted by molar-refractivity contribution is 9.10. The van der Waals surface area contributed by atoms with Crippen molar-refractivity contribution >= 4 is 39.3 Å². The minimum Gasteiger partial charge on any atom is -0.304 e. The third kappa shape index (κ3) is 4.30. The van der Waals surface area contributed by atoms with Gasteiger partial charge in [-0.25, -0.2) is 0 Å². The lowest BCUT2D eigenvalue weighted by molar-refractivity contribution is 0.102. The van der Waals surface area contributed by atoms with Crippen molar-refractivity contribution in [2.45, 2.75) is 20.4 Å². The van der Waals surface area contributed by atoms with E-state index in [4.69, 9.17) is 11.6 Å². The number of hydrogen-bond acceptors (Lipinski definition) is 2. The Bertz CT molecular complexity index is 919. The van der Waals surface area contributed by atoms with Crippen LogP contribution in [0.3, 0.4) is 0 Å². The zero-order chi connectivity index (χ0) is 18.0. The van der Waals surface area contributed by atoms with E-state index in [2.05, 4.69) is 26.3 Å². The van der Waals surface area contributed by atoms with E-state index in [9.17, 15) is 4.79 Å². The van der Waals surface area contributed by atoms with Gasteiger partial charge in [0.25, 0.3) is 5.91 Å². The fraction of sp³-hybridized carbons (Fsp3) is 0.158. The van der Waals surface area contributed by atoms with Crippen LogP contribution in [0, 0.1) is 13.8 Å². The van der Waals surface area contributed by atoms with Gasteiger partial charge < -0.3 is 5.32 Å². The van der Waals surface area contributed by atoms with Crippen LogP contribution in [0.1, 0.15) is 27.0 Å². The van der Waals surface area contributed by atoms with Gasteiger partial charge in [-0.1, -0.05) is 29.8 Å². The lowest BCUT2D eigenvalue weighted by atomic mass is 10.1. The predicted molar refractivity (Wildman–Crippen MR) is 104 cm³/mol. The molecule has 1 heterocycles. The number of carbonyl (C=O) groups excluding carboxylic acids is 1. The van der Waals surface area contributed by atoms with Crippen LogP contribution in [-0.2, 0) is 6.54 Å². The first-order valence-corrected chi connectivity index (χ1v) is 8.95. The summed E-state index contributed by atoms with van der Waals surface area (Å²) in [6.07, 6.45) is 1.84. The lowest BCUT2D eigenvalue weighted by Gasteiger charge is -2.06. The molecule has 0 unspecified atom stereocenters. The van der Waals surface area contributed by atoms with E-state index in [0.29, 0.717) is 22.9 Å². The molecule has 0 radical (unpaired) electrons. The minimum atomic E-state index is -0.180. The molecule has 0 fully saturated rings. The Morgan fingerprint density at radius 3 is 2.56 bits per heavy atom. The molecule has 0 aliphatic carbocycles. The van der Waals surface area contributed by atoms with Gasteiger partial charge in [0.2, 0.25) is 0 Å². The summed E-state index contributed by atoms with van der Waals surface area (Å²) in [4.78, 5) is 12.4. The first kappa shape index (κ1) is 17.7. The molecular formula is C19H17BrClN3O. The molecule has 0 saturated heterocycles. The third-order valence-electron chi connectivity index (χ3n) is 3.98. The van der Waals surface area contributed by atoms with Crippen molar-refractivity contribution in [3.63, 3.8) is 0 Å². The number of anilines is 1. The van der Waals surface area contributed by atoms with Gasteiger partial charge in [0.15, 0.2) is 5.82 Å². The van der Waals surface area contributed by atoms with Crippen LogP contribution >= 0.6 is 27.5 Å². The van der Waals surface area contributed by atoms with Crippen LogP contribution in [-0.4, -0.2) is 15.7 Å². The van der Waals surface area contributed by atoms with E-state index in [1.54, 1.807) is 4.68 Å². The highest BCUT2D eigenvalue weighted by Gasteiger charge is 2.13. The number of amides is 1. The number of nitrogens with zero attached hydrogens (tertiary/aromatic N) is 2. The van der Waals surface area contributed by atoms with Crippen molar-refractivity contribution in [2.75, 3.05) is 5.32 Å². The standard InChI is InChI=1S/C19H17BrClN3O/c1-12-3-6-15(9-13(12)2)19(25)22-18-17(20)11-24(23-18)10-14-4-7-16(21)8-5-14/h3-9,11H,10H2,1-2H3,(H,22,23,25). The van der Waals surface area contributed by atoms with E-state index in [-0.39, 0.29) is 5.91 Å². The second kappa shape index (κ2) is 7.42. The Morgan fingerprint density at radius 1 is 1.16 bits per heavy atom. The number of rotatable bonds is 4. The number of carbonyl (C=O) groups is 1. The zero-order valence-corrected chi connectivity index (χ0v) is 16.2. The molecule has 4 nitrogen and oxygen atoms in total. The predicted octanol–water partition coefficient (Wildman–Crippen LogP) is 5.22. The number of aryl methyl sites for hydroxylation is 2. The molecule has 2 aromatic carbocycles. The Balaban J connectivity index is 1.74. The van der Waals surface area contributed by atoms with Gasteiger partial charge >= 0.3 is 0 Å². The number of hydrogen-bond donors (Lipinski definition) is 1. The van der Waals surface area contributed by atoms with Gasteiger partial charge in [-0.15, -0.1) is 0 Å². The molecule has 3 aromatic rings. The molecule has 1 N–H and O–H groups in total. The van der Waals surface area contributed by atoms with Crippen LogP contribution in [0.25, 0.3) is 0 Å². The maximum Gasteiger partial charge on any atom is 0.256 e.